The predicted octanol–water partition coefficient (Wildman–Crippen LogP) is 2.32. The molecular formula is C16H22N2O2S. The van der Waals surface area contributed by atoms with E-state index in [-0.39, 0.29) is 17.9 Å². The zero-order valence-electron chi connectivity index (χ0n) is 12.7. The normalized spacial score (nSPS) is 21.2. The highest BCUT2D eigenvalue weighted by Crippen LogP contribution is 2.32. The first-order chi connectivity index (χ1) is 10.1. The zero-order valence-corrected chi connectivity index (χ0v) is 13.5. The maximum atomic E-state index is 12.8. The summed E-state index contributed by atoms with van der Waals surface area (Å²) < 4.78 is 0. The first-order valence-corrected chi connectivity index (χ1v) is 8.53. The number of fused-ring (bicyclic) bond motifs is 1. The summed E-state index contributed by atoms with van der Waals surface area (Å²) in [6.07, 6.45) is 6.36. The van der Waals surface area contributed by atoms with E-state index in [2.05, 4.69) is 6.07 Å². The van der Waals surface area contributed by atoms with Crippen LogP contribution in [0.25, 0.3) is 0 Å². The van der Waals surface area contributed by atoms with Gasteiger partial charge in [-0.2, -0.15) is 0 Å². The summed E-state index contributed by atoms with van der Waals surface area (Å²) in [7, 11) is 3.51. The molecule has 1 aliphatic heterocycles. The lowest BCUT2D eigenvalue weighted by molar-refractivity contribution is -0.132. The summed E-state index contributed by atoms with van der Waals surface area (Å²) >= 11 is 1.64. The van der Waals surface area contributed by atoms with Crippen LogP contribution in [0.3, 0.4) is 0 Å². The molecule has 114 valence electrons. The molecule has 4 nitrogen and oxygen atoms in total. The summed E-state index contributed by atoms with van der Waals surface area (Å²) in [6.45, 7) is 0.700. The fraction of sp³-hybridized carbons (Fsp3) is 0.625. The minimum Gasteiger partial charge on any atom is -0.347 e. The van der Waals surface area contributed by atoms with Crippen LogP contribution < -0.4 is 0 Å². The van der Waals surface area contributed by atoms with Crippen molar-refractivity contribution in [2.75, 3.05) is 20.6 Å². The lowest BCUT2D eigenvalue weighted by atomic mass is 9.99. The Labute approximate surface area is 129 Å². The fourth-order valence-corrected chi connectivity index (χ4v) is 4.51. The molecule has 0 radical (unpaired) electrons. The molecule has 0 bridgehead atoms. The van der Waals surface area contributed by atoms with Gasteiger partial charge >= 0.3 is 0 Å². The van der Waals surface area contributed by atoms with Crippen molar-refractivity contribution >= 4 is 23.2 Å². The minimum absolute atomic E-state index is 0.0437. The maximum Gasteiger partial charge on any atom is 0.264 e. The van der Waals surface area contributed by atoms with Crippen LogP contribution in [0, 0.1) is 0 Å². The molecule has 21 heavy (non-hydrogen) atoms. The van der Waals surface area contributed by atoms with Crippen molar-refractivity contribution in [3.8, 4) is 0 Å². The molecule has 2 amide bonds. The molecular weight excluding hydrogens is 284 g/mol. The van der Waals surface area contributed by atoms with Crippen LogP contribution in [0.5, 0.6) is 0 Å². The third kappa shape index (κ3) is 2.71. The third-order valence-electron chi connectivity index (χ3n) is 4.45. The maximum absolute atomic E-state index is 12.8. The van der Waals surface area contributed by atoms with Gasteiger partial charge in [-0.3, -0.25) is 9.59 Å². The Balaban J connectivity index is 1.80. The highest BCUT2D eigenvalue weighted by Gasteiger charge is 2.36. The molecule has 1 aromatic rings. The molecule has 3 rings (SSSR count). The van der Waals surface area contributed by atoms with Gasteiger partial charge in [0.05, 0.1) is 4.88 Å². The van der Waals surface area contributed by atoms with Gasteiger partial charge in [0.25, 0.3) is 5.91 Å². The minimum atomic E-state index is -0.272. The first-order valence-electron chi connectivity index (χ1n) is 7.71. The number of amides is 2. The molecule has 1 unspecified atom stereocenters. The monoisotopic (exact) mass is 306 g/mol. The van der Waals surface area contributed by atoms with E-state index >= 15 is 0 Å². The van der Waals surface area contributed by atoms with E-state index < -0.39 is 0 Å². The highest BCUT2D eigenvalue weighted by atomic mass is 32.1. The Morgan fingerprint density at radius 1 is 1.24 bits per heavy atom. The number of likely N-dealkylation sites (tertiary alicyclic amines) is 1. The van der Waals surface area contributed by atoms with Crippen LogP contribution in [0.4, 0.5) is 0 Å². The number of nitrogens with zero attached hydrogens (tertiary/aromatic N) is 2. The van der Waals surface area contributed by atoms with Crippen LogP contribution in [0.15, 0.2) is 6.07 Å². The van der Waals surface area contributed by atoms with Crippen molar-refractivity contribution in [2.24, 2.45) is 0 Å². The third-order valence-corrected chi connectivity index (χ3v) is 5.67. The molecule has 2 heterocycles. The average molecular weight is 306 g/mol. The van der Waals surface area contributed by atoms with Crippen molar-refractivity contribution in [1.29, 1.82) is 0 Å². The van der Waals surface area contributed by atoms with Crippen LogP contribution in [-0.2, 0) is 17.6 Å². The molecule has 0 aromatic carbocycles. The van der Waals surface area contributed by atoms with Crippen LogP contribution in [0.1, 0.15) is 45.8 Å². The number of hydrogen-bond donors (Lipinski definition) is 0. The molecule has 1 fully saturated rings. The van der Waals surface area contributed by atoms with Crippen LogP contribution in [-0.4, -0.2) is 48.3 Å². The van der Waals surface area contributed by atoms with Crippen molar-refractivity contribution in [2.45, 2.75) is 44.6 Å². The number of aryl methyl sites for hydroxylation is 2. The predicted molar refractivity (Wildman–Crippen MR) is 83.7 cm³/mol. The van der Waals surface area contributed by atoms with Crippen molar-refractivity contribution in [3.05, 3.63) is 21.4 Å². The Bertz CT molecular complexity index is 541. The Kier molecular flexibility index (Phi) is 4.02. The van der Waals surface area contributed by atoms with Gasteiger partial charge in [-0.25, -0.2) is 0 Å². The van der Waals surface area contributed by atoms with Gasteiger partial charge in [0, 0.05) is 25.5 Å². The second-order valence-electron chi connectivity index (χ2n) is 6.16. The fourth-order valence-electron chi connectivity index (χ4n) is 3.30. The van der Waals surface area contributed by atoms with Crippen molar-refractivity contribution in [1.82, 2.24) is 9.80 Å². The molecule has 0 spiro atoms. The average Bonchev–Trinajstić information content (AvgIpc) is 3.11. The second kappa shape index (κ2) is 5.79. The Hall–Kier alpha value is -1.36. The van der Waals surface area contributed by atoms with Crippen LogP contribution >= 0.6 is 11.3 Å². The lowest BCUT2D eigenvalue weighted by Crippen LogP contribution is -2.45. The van der Waals surface area contributed by atoms with Gasteiger partial charge in [-0.1, -0.05) is 0 Å². The SMILES string of the molecule is CN(C)C(=O)C1CCCN1C(=O)c1cc2c(s1)CCCC2. The molecule has 1 atom stereocenters. The van der Waals surface area contributed by atoms with E-state index in [0.29, 0.717) is 6.54 Å². The van der Waals surface area contributed by atoms with E-state index in [1.165, 1.54) is 23.3 Å². The number of rotatable bonds is 2. The highest BCUT2D eigenvalue weighted by molar-refractivity contribution is 7.14. The number of carbonyl (C=O) groups is 2. The summed E-state index contributed by atoms with van der Waals surface area (Å²) in [5.74, 6) is 0.0919. The standard InChI is InChI=1S/C16H22N2O2S/c1-17(2)15(19)12-7-5-9-18(12)16(20)14-10-11-6-3-4-8-13(11)21-14/h10,12H,3-9H2,1-2H3. The lowest BCUT2D eigenvalue weighted by Gasteiger charge is -2.25. The van der Waals surface area contributed by atoms with E-state index in [1.54, 1.807) is 35.2 Å². The Morgan fingerprint density at radius 2 is 2.00 bits per heavy atom. The van der Waals surface area contributed by atoms with E-state index in [0.717, 1.165) is 30.6 Å². The first kappa shape index (κ1) is 14.6. The summed E-state index contributed by atoms with van der Waals surface area (Å²) in [5, 5.41) is 0. The molecule has 0 saturated carbocycles. The Morgan fingerprint density at radius 3 is 2.71 bits per heavy atom. The quantitative estimate of drug-likeness (QED) is 0.841. The molecule has 1 aromatic heterocycles. The van der Waals surface area contributed by atoms with E-state index in [1.807, 2.05) is 0 Å². The van der Waals surface area contributed by atoms with E-state index in [4.69, 9.17) is 0 Å². The van der Waals surface area contributed by atoms with E-state index in [9.17, 15) is 9.59 Å². The summed E-state index contributed by atoms with van der Waals surface area (Å²) in [4.78, 5) is 30.6. The van der Waals surface area contributed by atoms with Crippen LogP contribution in [0.2, 0.25) is 0 Å². The summed E-state index contributed by atoms with van der Waals surface area (Å²) in [5.41, 5.74) is 1.35. The smallest absolute Gasteiger partial charge is 0.264 e. The number of thiophene rings is 1. The van der Waals surface area contributed by atoms with Gasteiger partial charge in [0.1, 0.15) is 6.04 Å². The van der Waals surface area contributed by atoms with Gasteiger partial charge in [-0.05, 0) is 50.2 Å². The molecule has 1 aliphatic carbocycles. The number of hydrogen-bond acceptors (Lipinski definition) is 3. The topological polar surface area (TPSA) is 40.6 Å². The van der Waals surface area contributed by atoms with Gasteiger partial charge in [0.2, 0.25) is 5.91 Å². The zero-order chi connectivity index (χ0) is 15.0. The second-order valence-corrected chi connectivity index (χ2v) is 7.29. The van der Waals surface area contributed by atoms with Crippen molar-refractivity contribution in [3.63, 3.8) is 0 Å². The summed E-state index contributed by atoms with van der Waals surface area (Å²) in [6, 6.07) is 1.79. The largest absolute Gasteiger partial charge is 0.347 e. The molecule has 5 heteroatoms. The van der Waals surface area contributed by atoms with Gasteiger partial charge < -0.3 is 9.80 Å². The number of carbonyl (C=O) groups excluding carboxylic acids is 2. The van der Waals surface area contributed by atoms with Crippen molar-refractivity contribution < 1.29 is 9.59 Å². The molecule has 1 saturated heterocycles. The molecule has 0 N–H and O–H groups in total. The van der Waals surface area contributed by atoms with Gasteiger partial charge in [-0.15, -0.1) is 11.3 Å². The van der Waals surface area contributed by atoms with Gasteiger partial charge in [0.15, 0.2) is 0 Å². The number of likely N-dealkylation sites (N-methyl/N-ethyl adjacent to an activating group) is 1. The molecule has 2 aliphatic rings.